The topological polar surface area (TPSA) is 89.4 Å². The second kappa shape index (κ2) is 7.71. The first-order chi connectivity index (χ1) is 14.7. The number of nitrogens with zero attached hydrogens (tertiary/aromatic N) is 9. The van der Waals surface area contributed by atoms with E-state index in [1.807, 2.05) is 29.8 Å². The molecule has 30 heavy (non-hydrogen) atoms. The number of aromatic nitrogens is 7. The van der Waals surface area contributed by atoms with E-state index in [2.05, 4.69) is 36.1 Å². The van der Waals surface area contributed by atoms with Crippen LogP contribution in [0, 0.1) is 6.92 Å². The maximum absolute atomic E-state index is 12.2. The Labute approximate surface area is 173 Å². The largest absolute Gasteiger partial charge is 0.354 e. The van der Waals surface area contributed by atoms with Crippen molar-refractivity contribution in [2.75, 3.05) is 37.6 Å². The van der Waals surface area contributed by atoms with Crippen molar-refractivity contribution < 1.29 is 0 Å². The Morgan fingerprint density at radius 3 is 2.67 bits per heavy atom. The van der Waals surface area contributed by atoms with Crippen LogP contribution in [0.2, 0.25) is 0 Å². The van der Waals surface area contributed by atoms with Crippen molar-refractivity contribution in [1.82, 2.24) is 39.1 Å². The molecule has 0 radical (unpaired) electrons. The normalized spacial score (nSPS) is 15.2. The van der Waals surface area contributed by atoms with Crippen molar-refractivity contribution in [1.29, 1.82) is 0 Å². The molecule has 4 aromatic rings. The van der Waals surface area contributed by atoms with Crippen LogP contribution in [0.4, 0.5) is 5.82 Å². The van der Waals surface area contributed by atoms with Crippen LogP contribution in [0.1, 0.15) is 5.69 Å². The summed E-state index contributed by atoms with van der Waals surface area (Å²) in [6.45, 7) is 6.95. The molecule has 154 valence electrons. The Morgan fingerprint density at radius 2 is 1.87 bits per heavy atom. The summed E-state index contributed by atoms with van der Waals surface area (Å²) in [5.74, 6) is 1.72. The standard InChI is InChI=1S/C20H23N9O/c1-16-15-19(29-17(23-16)5-7-22-29)26-12-9-25(10-13-26)11-14-28-20(30)4-3-18(24-28)27-8-2-6-21-27/h2-8,15H,9-14H2,1H3. The van der Waals surface area contributed by atoms with Gasteiger partial charge in [-0.3, -0.25) is 9.69 Å². The summed E-state index contributed by atoms with van der Waals surface area (Å²) in [5.41, 5.74) is 1.76. The van der Waals surface area contributed by atoms with Gasteiger partial charge in [-0.1, -0.05) is 0 Å². The van der Waals surface area contributed by atoms with Crippen molar-refractivity contribution in [2.45, 2.75) is 13.5 Å². The molecule has 1 saturated heterocycles. The second-order valence-corrected chi connectivity index (χ2v) is 7.39. The highest BCUT2D eigenvalue weighted by Crippen LogP contribution is 2.18. The van der Waals surface area contributed by atoms with E-state index in [-0.39, 0.29) is 5.56 Å². The lowest BCUT2D eigenvalue weighted by Gasteiger charge is -2.36. The minimum Gasteiger partial charge on any atom is -0.354 e. The Balaban J connectivity index is 1.23. The number of piperazine rings is 1. The van der Waals surface area contributed by atoms with Gasteiger partial charge in [0.2, 0.25) is 0 Å². The molecule has 1 fully saturated rings. The third-order valence-corrected chi connectivity index (χ3v) is 5.38. The van der Waals surface area contributed by atoms with E-state index >= 15 is 0 Å². The molecule has 0 aromatic carbocycles. The SMILES string of the molecule is Cc1cc(N2CCN(CCn3nc(-n4cccn4)ccc3=O)CC2)n2nccc2n1. The highest BCUT2D eigenvalue weighted by molar-refractivity contribution is 5.50. The molecule has 10 nitrogen and oxygen atoms in total. The van der Waals surface area contributed by atoms with Gasteiger partial charge in [-0.25, -0.2) is 14.3 Å². The molecular weight excluding hydrogens is 382 g/mol. The molecule has 0 atom stereocenters. The lowest BCUT2D eigenvalue weighted by atomic mass is 10.3. The zero-order valence-corrected chi connectivity index (χ0v) is 16.8. The van der Waals surface area contributed by atoms with Crippen molar-refractivity contribution in [3.8, 4) is 5.82 Å². The summed E-state index contributed by atoms with van der Waals surface area (Å²) in [6.07, 6.45) is 5.29. The van der Waals surface area contributed by atoms with Crippen LogP contribution in [0.25, 0.3) is 11.5 Å². The summed E-state index contributed by atoms with van der Waals surface area (Å²) in [4.78, 5) is 21.4. The number of hydrogen-bond donors (Lipinski definition) is 0. The van der Waals surface area contributed by atoms with Crippen LogP contribution < -0.4 is 10.5 Å². The molecule has 0 saturated carbocycles. The van der Waals surface area contributed by atoms with Crippen LogP contribution in [0.3, 0.4) is 0 Å². The minimum absolute atomic E-state index is 0.0992. The van der Waals surface area contributed by atoms with Crippen LogP contribution >= 0.6 is 0 Å². The van der Waals surface area contributed by atoms with Crippen LogP contribution in [0.5, 0.6) is 0 Å². The van der Waals surface area contributed by atoms with Crippen molar-refractivity contribution >= 4 is 11.5 Å². The maximum atomic E-state index is 12.2. The van der Waals surface area contributed by atoms with Crippen LogP contribution in [-0.2, 0) is 6.54 Å². The zero-order valence-electron chi connectivity index (χ0n) is 16.8. The van der Waals surface area contributed by atoms with E-state index < -0.39 is 0 Å². The fourth-order valence-corrected chi connectivity index (χ4v) is 3.81. The minimum atomic E-state index is -0.0992. The van der Waals surface area contributed by atoms with E-state index in [0.717, 1.165) is 49.9 Å². The van der Waals surface area contributed by atoms with Crippen LogP contribution in [-0.4, -0.2) is 71.8 Å². The average molecular weight is 405 g/mol. The molecule has 0 bridgehead atoms. The first kappa shape index (κ1) is 18.5. The number of rotatable bonds is 5. The summed E-state index contributed by atoms with van der Waals surface area (Å²) < 4.78 is 5.07. The third-order valence-electron chi connectivity index (χ3n) is 5.38. The fraction of sp³-hybridized carbons (Fsp3) is 0.350. The lowest BCUT2D eigenvalue weighted by Crippen LogP contribution is -2.48. The summed E-state index contributed by atoms with van der Waals surface area (Å²) in [7, 11) is 0. The van der Waals surface area contributed by atoms with Gasteiger partial charge < -0.3 is 4.90 Å². The van der Waals surface area contributed by atoms with Gasteiger partial charge in [0, 0.05) is 69.0 Å². The van der Waals surface area contributed by atoms with Gasteiger partial charge in [-0.15, -0.1) is 5.10 Å². The van der Waals surface area contributed by atoms with E-state index in [1.165, 1.54) is 4.68 Å². The van der Waals surface area contributed by atoms with Gasteiger partial charge >= 0.3 is 0 Å². The second-order valence-electron chi connectivity index (χ2n) is 7.39. The molecule has 4 aromatic heterocycles. The van der Waals surface area contributed by atoms with E-state index in [0.29, 0.717) is 12.4 Å². The summed E-state index contributed by atoms with van der Waals surface area (Å²) in [5, 5.41) is 13.0. The van der Waals surface area contributed by atoms with Crippen molar-refractivity contribution in [3.63, 3.8) is 0 Å². The Bertz CT molecular complexity index is 1200. The molecule has 1 aliphatic heterocycles. The molecule has 0 unspecified atom stereocenters. The molecule has 0 N–H and O–H groups in total. The maximum Gasteiger partial charge on any atom is 0.266 e. The quantitative estimate of drug-likeness (QED) is 0.480. The molecular formula is C20H23N9O. The summed E-state index contributed by atoms with van der Waals surface area (Å²) in [6, 6.07) is 9.08. The highest BCUT2D eigenvalue weighted by atomic mass is 16.1. The zero-order chi connectivity index (χ0) is 20.5. The van der Waals surface area contributed by atoms with Gasteiger partial charge in [0.25, 0.3) is 5.56 Å². The van der Waals surface area contributed by atoms with E-state index in [1.54, 1.807) is 29.2 Å². The number of fused-ring (bicyclic) bond motifs is 1. The predicted molar refractivity (Wildman–Crippen MR) is 112 cm³/mol. The van der Waals surface area contributed by atoms with Crippen LogP contribution in [0.15, 0.2) is 53.7 Å². The molecule has 0 aliphatic carbocycles. The average Bonchev–Trinajstić information content (AvgIpc) is 3.45. The Kier molecular flexibility index (Phi) is 4.75. The van der Waals surface area contributed by atoms with Gasteiger partial charge in [0.05, 0.1) is 12.7 Å². The lowest BCUT2D eigenvalue weighted by molar-refractivity contribution is 0.242. The fourth-order valence-electron chi connectivity index (χ4n) is 3.81. The smallest absolute Gasteiger partial charge is 0.266 e. The first-order valence-corrected chi connectivity index (χ1v) is 10.0. The molecule has 0 amide bonds. The van der Waals surface area contributed by atoms with Gasteiger partial charge in [0.15, 0.2) is 11.5 Å². The van der Waals surface area contributed by atoms with Gasteiger partial charge in [-0.05, 0) is 19.1 Å². The number of hydrogen-bond acceptors (Lipinski definition) is 7. The highest BCUT2D eigenvalue weighted by Gasteiger charge is 2.20. The van der Waals surface area contributed by atoms with Gasteiger partial charge in [0.1, 0.15) is 5.82 Å². The third kappa shape index (κ3) is 3.57. The van der Waals surface area contributed by atoms with Crippen molar-refractivity contribution in [3.05, 3.63) is 65.0 Å². The first-order valence-electron chi connectivity index (χ1n) is 10.0. The predicted octanol–water partition coefficient (Wildman–Crippen LogP) is 0.602. The van der Waals surface area contributed by atoms with E-state index in [9.17, 15) is 4.79 Å². The molecule has 1 aliphatic rings. The van der Waals surface area contributed by atoms with Crippen molar-refractivity contribution in [2.24, 2.45) is 0 Å². The molecule has 5 rings (SSSR count). The summed E-state index contributed by atoms with van der Waals surface area (Å²) >= 11 is 0. The Morgan fingerprint density at radius 1 is 1.00 bits per heavy atom. The monoisotopic (exact) mass is 405 g/mol. The number of aryl methyl sites for hydroxylation is 1. The van der Waals surface area contributed by atoms with E-state index in [4.69, 9.17) is 0 Å². The molecule has 5 heterocycles. The Hall–Kier alpha value is -3.53. The molecule has 10 heteroatoms. The van der Waals surface area contributed by atoms with Gasteiger partial charge in [-0.2, -0.15) is 14.7 Å². The number of anilines is 1. The molecule has 0 spiro atoms.